The number of nitro benzene ring substituents is 1. The molecule has 2 aromatic rings. The lowest BCUT2D eigenvalue weighted by atomic mass is 10.1. The van der Waals surface area contributed by atoms with Crippen molar-refractivity contribution < 1.29 is 9.72 Å². The molecule has 0 spiro atoms. The molecule has 0 saturated heterocycles. The minimum atomic E-state index is -0.670. The van der Waals surface area contributed by atoms with Gasteiger partial charge in [-0.2, -0.15) is 5.26 Å². The molecule has 8 heteroatoms. The Balaban J connectivity index is 2.41. The van der Waals surface area contributed by atoms with Gasteiger partial charge >= 0.3 is 0 Å². The van der Waals surface area contributed by atoms with Gasteiger partial charge in [0.15, 0.2) is 0 Å². The highest BCUT2D eigenvalue weighted by molar-refractivity contribution is 7.16. The predicted molar refractivity (Wildman–Crippen MR) is 84.6 cm³/mol. The van der Waals surface area contributed by atoms with Crippen molar-refractivity contribution in [2.24, 2.45) is 0 Å². The topological polar surface area (TPSA) is 96.0 Å². The summed E-state index contributed by atoms with van der Waals surface area (Å²) in [4.78, 5) is 23.5. The number of benzene rings is 1. The fourth-order valence-electron chi connectivity index (χ4n) is 1.87. The third-order valence-electron chi connectivity index (χ3n) is 3.13. The van der Waals surface area contributed by atoms with Crippen LogP contribution in [0.1, 0.15) is 26.4 Å². The monoisotopic (exact) mass is 335 g/mol. The molecule has 0 aliphatic heterocycles. The van der Waals surface area contributed by atoms with Gasteiger partial charge in [-0.25, -0.2) is 0 Å². The van der Waals surface area contributed by atoms with Gasteiger partial charge in [-0.3, -0.25) is 14.9 Å². The fraction of sp³-hybridized carbons (Fsp3) is 0.143. The number of aryl methyl sites for hydroxylation is 1. The summed E-state index contributed by atoms with van der Waals surface area (Å²) >= 11 is 6.98. The molecule has 0 fully saturated rings. The second-order valence-electron chi connectivity index (χ2n) is 4.47. The number of halogens is 1. The Labute approximate surface area is 135 Å². The molecule has 0 aliphatic rings. The highest BCUT2D eigenvalue weighted by Gasteiger charge is 2.22. The van der Waals surface area contributed by atoms with E-state index in [0.717, 1.165) is 16.5 Å². The summed E-state index contributed by atoms with van der Waals surface area (Å²) in [5.41, 5.74) is 0.663. The molecule has 0 atom stereocenters. The number of carbonyl (C=O) groups is 1. The molecule has 1 heterocycles. The molecule has 1 amide bonds. The van der Waals surface area contributed by atoms with Gasteiger partial charge in [0.1, 0.15) is 16.6 Å². The van der Waals surface area contributed by atoms with E-state index >= 15 is 0 Å². The lowest BCUT2D eigenvalue weighted by Crippen LogP contribution is -2.13. The van der Waals surface area contributed by atoms with Crippen LogP contribution in [0.25, 0.3) is 0 Å². The van der Waals surface area contributed by atoms with Gasteiger partial charge in [0.05, 0.1) is 10.5 Å². The zero-order valence-corrected chi connectivity index (χ0v) is 13.2. The molecule has 1 aromatic carbocycles. The third kappa shape index (κ3) is 2.93. The second-order valence-corrected chi connectivity index (χ2v) is 6.13. The summed E-state index contributed by atoms with van der Waals surface area (Å²) in [6.07, 6.45) is 0. The second kappa shape index (κ2) is 6.13. The minimum Gasteiger partial charge on any atom is -0.312 e. The molecule has 0 saturated carbocycles. The first-order valence-corrected chi connectivity index (χ1v) is 7.30. The summed E-state index contributed by atoms with van der Waals surface area (Å²) in [7, 11) is 0. The number of rotatable bonds is 3. The first-order chi connectivity index (χ1) is 10.3. The van der Waals surface area contributed by atoms with Crippen LogP contribution >= 0.6 is 22.9 Å². The van der Waals surface area contributed by atoms with E-state index in [1.165, 1.54) is 23.5 Å². The van der Waals surface area contributed by atoms with Crippen LogP contribution in [0.4, 0.5) is 10.7 Å². The van der Waals surface area contributed by atoms with Crippen LogP contribution in [-0.2, 0) is 0 Å². The van der Waals surface area contributed by atoms with Crippen LogP contribution in [0.5, 0.6) is 0 Å². The van der Waals surface area contributed by atoms with Crippen LogP contribution in [-0.4, -0.2) is 10.8 Å². The predicted octanol–water partition coefficient (Wildman–Crippen LogP) is 4.05. The third-order valence-corrected chi connectivity index (χ3v) is 4.48. The van der Waals surface area contributed by atoms with Gasteiger partial charge in [-0.15, -0.1) is 11.3 Å². The van der Waals surface area contributed by atoms with Crippen LogP contribution in [0, 0.1) is 35.3 Å². The van der Waals surface area contributed by atoms with Crippen molar-refractivity contribution in [3.8, 4) is 6.07 Å². The Kier molecular flexibility index (Phi) is 4.45. The first-order valence-electron chi connectivity index (χ1n) is 6.10. The standard InChI is InChI=1S/C14H10ClN3O3S/c1-7-8(2)22-14(11(7)6-16)17-13(19)10-4-3-9(15)5-12(10)18(20)21/h3-5H,1-2H3,(H,17,19). The van der Waals surface area contributed by atoms with Crippen molar-refractivity contribution in [1.82, 2.24) is 0 Å². The molecule has 0 radical (unpaired) electrons. The van der Waals surface area contributed by atoms with E-state index in [2.05, 4.69) is 5.32 Å². The van der Waals surface area contributed by atoms with Crippen molar-refractivity contribution in [2.75, 3.05) is 5.32 Å². The van der Waals surface area contributed by atoms with E-state index in [1.807, 2.05) is 13.0 Å². The van der Waals surface area contributed by atoms with Crippen molar-refractivity contribution in [3.05, 3.63) is 54.9 Å². The van der Waals surface area contributed by atoms with Crippen LogP contribution in [0.15, 0.2) is 18.2 Å². The Hall–Kier alpha value is -2.43. The smallest absolute Gasteiger partial charge is 0.283 e. The quantitative estimate of drug-likeness (QED) is 0.676. The average Bonchev–Trinajstić information content (AvgIpc) is 2.72. The number of nitro groups is 1. The number of nitrogens with one attached hydrogen (secondary N) is 1. The number of nitrogens with zero attached hydrogens (tertiary/aromatic N) is 2. The maximum atomic E-state index is 12.3. The Bertz CT molecular complexity index is 823. The van der Waals surface area contributed by atoms with Crippen LogP contribution in [0.3, 0.4) is 0 Å². The molecule has 6 nitrogen and oxygen atoms in total. The molecule has 1 aromatic heterocycles. The van der Waals surface area contributed by atoms with E-state index in [0.29, 0.717) is 10.6 Å². The number of hydrogen-bond acceptors (Lipinski definition) is 5. The van der Waals surface area contributed by atoms with Crippen molar-refractivity contribution in [1.29, 1.82) is 5.26 Å². The Morgan fingerprint density at radius 2 is 2.14 bits per heavy atom. The maximum absolute atomic E-state index is 12.3. The molecular formula is C14H10ClN3O3S. The summed E-state index contributed by atoms with van der Waals surface area (Å²) in [6.45, 7) is 3.62. The SMILES string of the molecule is Cc1sc(NC(=O)c2ccc(Cl)cc2[N+](=O)[O-])c(C#N)c1C. The van der Waals surface area contributed by atoms with E-state index in [9.17, 15) is 14.9 Å². The van der Waals surface area contributed by atoms with Gasteiger partial charge in [0.25, 0.3) is 11.6 Å². The largest absolute Gasteiger partial charge is 0.312 e. The highest BCUT2D eigenvalue weighted by Crippen LogP contribution is 2.32. The summed E-state index contributed by atoms with van der Waals surface area (Å²) < 4.78 is 0. The summed E-state index contributed by atoms with van der Waals surface area (Å²) in [5, 5.41) is 23.3. The fourth-order valence-corrected chi connectivity index (χ4v) is 3.04. The number of amides is 1. The summed E-state index contributed by atoms with van der Waals surface area (Å²) in [5.74, 6) is -0.652. The number of thiophene rings is 1. The Morgan fingerprint density at radius 3 is 2.73 bits per heavy atom. The number of anilines is 1. The number of nitriles is 1. The van der Waals surface area contributed by atoms with Crippen molar-refractivity contribution in [3.63, 3.8) is 0 Å². The zero-order chi connectivity index (χ0) is 16.4. The number of carbonyl (C=O) groups excluding carboxylic acids is 1. The molecule has 0 bridgehead atoms. The first kappa shape index (κ1) is 15.9. The maximum Gasteiger partial charge on any atom is 0.283 e. The Morgan fingerprint density at radius 1 is 1.45 bits per heavy atom. The highest BCUT2D eigenvalue weighted by atomic mass is 35.5. The average molecular weight is 336 g/mol. The lowest BCUT2D eigenvalue weighted by Gasteiger charge is -2.05. The van der Waals surface area contributed by atoms with E-state index in [1.54, 1.807) is 6.92 Å². The van der Waals surface area contributed by atoms with Crippen molar-refractivity contribution in [2.45, 2.75) is 13.8 Å². The van der Waals surface area contributed by atoms with Crippen LogP contribution < -0.4 is 5.32 Å². The van der Waals surface area contributed by atoms with Gasteiger partial charge in [0.2, 0.25) is 0 Å². The molecular weight excluding hydrogens is 326 g/mol. The van der Waals surface area contributed by atoms with E-state index in [4.69, 9.17) is 16.9 Å². The molecule has 112 valence electrons. The molecule has 0 aliphatic carbocycles. The van der Waals surface area contributed by atoms with Crippen molar-refractivity contribution >= 4 is 39.5 Å². The van der Waals surface area contributed by atoms with Gasteiger partial charge in [-0.1, -0.05) is 11.6 Å². The molecule has 22 heavy (non-hydrogen) atoms. The lowest BCUT2D eigenvalue weighted by molar-refractivity contribution is -0.385. The van der Waals surface area contributed by atoms with Crippen LogP contribution in [0.2, 0.25) is 5.02 Å². The minimum absolute atomic E-state index is 0.109. The zero-order valence-electron chi connectivity index (χ0n) is 11.6. The summed E-state index contributed by atoms with van der Waals surface area (Å²) in [6, 6.07) is 5.84. The van der Waals surface area contributed by atoms with E-state index < -0.39 is 10.8 Å². The normalized spacial score (nSPS) is 10.1. The molecule has 0 unspecified atom stereocenters. The molecule has 1 N–H and O–H groups in total. The number of hydrogen-bond donors (Lipinski definition) is 1. The van der Waals surface area contributed by atoms with Gasteiger partial charge in [-0.05, 0) is 31.5 Å². The van der Waals surface area contributed by atoms with Gasteiger partial charge in [0, 0.05) is 16.0 Å². The molecule has 2 rings (SSSR count). The van der Waals surface area contributed by atoms with Gasteiger partial charge < -0.3 is 5.32 Å². The van der Waals surface area contributed by atoms with E-state index in [-0.39, 0.29) is 16.3 Å².